The summed E-state index contributed by atoms with van der Waals surface area (Å²) >= 11 is 0. The van der Waals surface area contributed by atoms with Crippen molar-refractivity contribution in [3.05, 3.63) is 29.8 Å². The summed E-state index contributed by atoms with van der Waals surface area (Å²) in [4.78, 5) is 16.8. The molecular formula is C16H24N2O2. The Morgan fingerprint density at radius 2 is 1.80 bits per heavy atom. The molecule has 1 aromatic carbocycles. The van der Waals surface area contributed by atoms with Gasteiger partial charge in [0, 0.05) is 37.8 Å². The van der Waals surface area contributed by atoms with E-state index in [9.17, 15) is 4.79 Å². The molecule has 0 bridgehead atoms. The number of ether oxygens (including phenoxy) is 1. The van der Waals surface area contributed by atoms with E-state index in [0.717, 1.165) is 43.9 Å². The fourth-order valence-electron chi connectivity index (χ4n) is 2.54. The zero-order valence-corrected chi connectivity index (χ0v) is 12.6. The van der Waals surface area contributed by atoms with Gasteiger partial charge in [-0.1, -0.05) is 6.92 Å². The highest BCUT2D eigenvalue weighted by Gasteiger charge is 2.23. The van der Waals surface area contributed by atoms with Crippen molar-refractivity contribution in [3.63, 3.8) is 0 Å². The van der Waals surface area contributed by atoms with Crippen LogP contribution in [0.15, 0.2) is 24.3 Å². The van der Waals surface area contributed by atoms with Crippen molar-refractivity contribution in [2.24, 2.45) is 0 Å². The van der Waals surface area contributed by atoms with E-state index in [1.54, 1.807) is 7.11 Å². The lowest BCUT2D eigenvalue weighted by Gasteiger charge is -2.37. The Bertz CT molecular complexity index is 436. The summed E-state index contributed by atoms with van der Waals surface area (Å²) in [7, 11) is 1.63. The minimum Gasteiger partial charge on any atom is -0.497 e. The smallest absolute Gasteiger partial charge is 0.253 e. The first kappa shape index (κ1) is 14.9. The molecule has 1 unspecified atom stereocenters. The average Bonchev–Trinajstić information content (AvgIpc) is 2.53. The van der Waals surface area contributed by atoms with Crippen LogP contribution in [-0.2, 0) is 0 Å². The van der Waals surface area contributed by atoms with Crippen molar-refractivity contribution in [2.45, 2.75) is 26.3 Å². The minimum absolute atomic E-state index is 0.122. The van der Waals surface area contributed by atoms with Crippen molar-refractivity contribution in [1.29, 1.82) is 0 Å². The molecule has 0 N–H and O–H groups in total. The van der Waals surface area contributed by atoms with Gasteiger partial charge in [-0.3, -0.25) is 9.69 Å². The van der Waals surface area contributed by atoms with Crippen LogP contribution in [0, 0.1) is 0 Å². The van der Waals surface area contributed by atoms with Gasteiger partial charge in [0.2, 0.25) is 0 Å². The Morgan fingerprint density at radius 3 is 2.30 bits per heavy atom. The van der Waals surface area contributed by atoms with Gasteiger partial charge in [-0.15, -0.1) is 0 Å². The third-order valence-corrected chi connectivity index (χ3v) is 4.15. The maximum atomic E-state index is 12.4. The number of methoxy groups -OCH3 is 1. The van der Waals surface area contributed by atoms with Gasteiger partial charge in [0.25, 0.3) is 5.91 Å². The highest BCUT2D eigenvalue weighted by atomic mass is 16.5. The molecule has 0 spiro atoms. The molecule has 1 heterocycles. The first-order valence-electron chi connectivity index (χ1n) is 7.33. The lowest BCUT2D eigenvalue weighted by Crippen LogP contribution is -2.51. The van der Waals surface area contributed by atoms with Gasteiger partial charge in [-0.2, -0.15) is 0 Å². The van der Waals surface area contributed by atoms with Gasteiger partial charge in [0.05, 0.1) is 7.11 Å². The fraction of sp³-hybridized carbons (Fsp3) is 0.562. The summed E-state index contributed by atoms with van der Waals surface area (Å²) in [6, 6.07) is 7.95. The van der Waals surface area contributed by atoms with E-state index in [2.05, 4.69) is 18.7 Å². The number of hydrogen-bond acceptors (Lipinski definition) is 3. The number of carbonyl (C=O) groups is 1. The summed E-state index contributed by atoms with van der Waals surface area (Å²) in [5.41, 5.74) is 0.739. The second-order valence-electron chi connectivity index (χ2n) is 5.31. The topological polar surface area (TPSA) is 32.8 Å². The van der Waals surface area contributed by atoms with Crippen molar-refractivity contribution < 1.29 is 9.53 Å². The van der Waals surface area contributed by atoms with E-state index >= 15 is 0 Å². The molecule has 0 aliphatic carbocycles. The summed E-state index contributed by atoms with van der Waals surface area (Å²) in [6.45, 7) is 8.03. The summed E-state index contributed by atoms with van der Waals surface area (Å²) in [5, 5.41) is 0. The second-order valence-corrected chi connectivity index (χ2v) is 5.31. The number of hydrogen-bond donors (Lipinski definition) is 0. The van der Waals surface area contributed by atoms with E-state index in [1.165, 1.54) is 0 Å². The fourth-order valence-corrected chi connectivity index (χ4v) is 2.54. The lowest BCUT2D eigenvalue weighted by atomic mass is 10.1. The molecule has 0 saturated carbocycles. The number of rotatable bonds is 4. The van der Waals surface area contributed by atoms with Crippen LogP contribution in [0.4, 0.5) is 0 Å². The maximum Gasteiger partial charge on any atom is 0.253 e. The molecule has 0 aromatic heterocycles. The van der Waals surface area contributed by atoms with Gasteiger partial charge in [-0.05, 0) is 37.6 Å². The van der Waals surface area contributed by atoms with Crippen LogP contribution in [-0.4, -0.2) is 55.0 Å². The first-order chi connectivity index (χ1) is 9.65. The van der Waals surface area contributed by atoms with Crippen LogP contribution in [0.25, 0.3) is 0 Å². The quantitative estimate of drug-likeness (QED) is 0.845. The van der Waals surface area contributed by atoms with Gasteiger partial charge in [0.15, 0.2) is 0 Å². The number of carbonyl (C=O) groups excluding carboxylic acids is 1. The number of nitrogens with zero attached hydrogens (tertiary/aromatic N) is 2. The zero-order chi connectivity index (χ0) is 14.5. The third-order valence-electron chi connectivity index (χ3n) is 4.15. The van der Waals surface area contributed by atoms with Crippen LogP contribution in [0.2, 0.25) is 0 Å². The third kappa shape index (κ3) is 3.31. The van der Waals surface area contributed by atoms with Crippen molar-refractivity contribution in [3.8, 4) is 5.75 Å². The molecule has 20 heavy (non-hydrogen) atoms. The predicted molar refractivity (Wildman–Crippen MR) is 80.2 cm³/mol. The molecule has 1 fully saturated rings. The van der Waals surface area contributed by atoms with Crippen LogP contribution >= 0.6 is 0 Å². The van der Waals surface area contributed by atoms with E-state index in [4.69, 9.17) is 4.74 Å². The van der Waals surface area contributed by atoms with E-state index < -0.39 is 0 Å². The first-order valence-corrected chi connectivity index (χ1v) is 7.33. The standard InChI is InChI=1S/C16H24N2O2/c1-4-13(2)17-9-11-18(12-10-17)16(19)14-5-7-15(20-3)8-6-14/h5-8,13H,4,9-12H2,1-3H3. The van der Waals surface area contributed by atoms with Gasteiger partial charge >= 0.3 is 0 Å². The summed E-state index contributed by atoms with van der Waals surface area (Å²) < 4.78 is 5.12. The molecule has 1 atom stereocenters. The zero-order valence-electron chi connectivity index (χ0n) is 12.6. The lowest BCUT2D eigenvalue weighted by molar-refractivity contribution is 0.0579. The molecule has 4 heteroatoms. The molecule has 1 saturated heterocycles. The monoisotopic (exact) mass is 276 g/mol. The van der Waals surface area contributed by atoms with Crippen molar-refractivity contribution >= 4 is 5.91 Å². The highest BCUT2D eigenvalue weighted by molar-refractivity contribution is 5.94. The van der Waals surface area contributed by atoms with Crippen LogP contribution in [0.1, 0.15) is 30.6 Å². The molecular weight excluding hydrogens is 252 g/mol. The highest BCUT2D eigenvalue weighted by Crippen LogP contribution is 2.15. The maximum absolute atomic E-state index is 12.4. The average molecular weight is 276 g/mol. The molecule has 4 nitrogen and oxygen atoms in total. The number of piperazine rings is 1. The molecule has 0 radical (unpaired) electrons. The number of amides is 1. The Balaban J connectivity index is 1.94. The molecule has 1 aromatic rings. The molecule has 1 aliphatic rings. The van der Waals surface area contributed by atoms with Gasteiger partial charge in [-0.25, -0.2) is 0 Å². The van der Waals surface area contributed by atoms with E-state index in [0.29, 0.717) is 6.04 Å². The van der Waals surface area contributed by atoms with Crippen LogP contribution in [0.3, 0.4) is 0 Å². The van der Waals surface area contributed by atoms with Gasteiger partial charge in [0.1, 0.15) is 5.75 Å². The van der Waals surface area contributed by atoms with Crippen LogP contribution in [0.5, 0.6) is 5.75 Å². The van der Waals surface area contributed by atoms with E-state index in [-0.39, 0.29) is 5.91 Å². The van der Waals surface area contributed by atoms with E-state index in [1.807, 2.05) is 29.2 Å². The van der Waals surface area contributed by atoms with Crippen molar-refractivity contribution in [1.82, 2.24) is 9.80 Å². The Kier molecular flexibility index (Phi) is 5.01. The molecule has 1 aliphatic heterocycles. The molecule has 1 amide bonds. The number of benzene rings is 1. The predicted octanol–water partition coefficient (Wildman–Crippen LogP) is 2.25. The summed E-state index contributed by atoms with van der Waals surface area (Å²) in [5.74, 6) is 0.902. The minimum atomic E-state index is 0.122. The van der Waals surface area contributed by atoms with Crippen LogP contribution < -0.4 is 4.74 Å². The normalized spacial score (nSPS) is 17.9. The largest absolute Gasteiger partial charge is 0.497 e. The SMILES string of the molecule is CCC(C)N1CCN(C(=O)c2ccc(OC)cc2)CC1. The Hall–Kier alpha value is -1.55. The molecule has 2 rings (SSSR count). The van der Waals surface area contributed by atoms with Gasteiger partial charge < -0.3 is 9.64 Å². The summed E-state index contributed by atoms with van der Waals surface area (Å²) in [6.07, 6.45) is 1.16. The second kappa shape index (κ2) is 6.75. The van der Waals surface area contributed by atoms with Crippen molar-refractivity contribution in [2.75, 3.05) is 33.3 Å². The Morgan fingerprint density at radius 1 is 1.20 bits per heavy atom. The Labute approximate surface area is 121 Å². The molecule has 110 valence electrons.